The summed E-state index contributed by atoms with van der Waals surface area (Å²) in [6, 6.07) is 4.47. The number of aromatic nitrogens is 3. The van der Waals surface area contributed by atoms with Crippen molar-refractivity contribution in [1.29, 1.82) is 0 Å². The normalized spacial score (nSPS) is 16.2. The van der Waals surface area contributed by atoms with E-state index in [1.807, 2.05) is 66.2 Å². The largest absolute Gasteiger partial charge is 0.357 e. The fourth-order valence-electron chi connectivity index (χ4n) is 4.67. The second-order valence-corrected chi connectivity index (χ2v) is 8.74. The lowest BCUT2D eigenvalue weighted by atomic mass is 9.93. The van der Waals surface area contributed by atoms with E-state index in [4.69, 9.17) is 0 Å². The zero-order chi connectivity index (χ0) is 26.3. The van der Waals surface area contributed by atoms with Crippen molar-refractivity contribution in [2.75, 3.05) is 38.1 Å². The van der Waals surface area contributed by atoms with Crippen LogP contribution < -0.4 is 10.2 Å². The van der Waals surface area contributed by atoms with Crippen LogP contribution in [0.5, 0.6) is 0 Å². The molecule has 198 valence electrons. The molecule has 2 aliphatic heterocycles. The first kappa shape index (κ1) is 29.4. The van der Waals surface area contributed by atoms with Crippen LogP contribution in [0.2, 0.25) is 0 Å². The van der Waals surface area contributed by atoms with E-state index in [1.54, 1.807) is 0 Å². The van der Waals surface area contributed by atoms with Gasteiger partial charge in [0.15, 0.2) is 0 Å². The molecule has 2 fully saturated rings. The summed E-state index contributed by atoms with van der Waals surface area (Å²) in [5.74, 6) is 7.63. The zero-order valence-corrected chi connectivity index (χ0v) is 23.3. The highest BCUT2D eigenvalue weighted by Crippen LogP contribution is 2.27. The van der Waals surface area contributed by atoms with Gasteiger partial charge in [-0.25, -0.2) is 4.98 Å². The number of hydrogen-bond acceptors (Lipinski definition) is 5. The first-order valence-electron chi connectivity index (χ1n) is 13.8. The van der Waals surface area contributed by atoms with Crippen molar-refractivity contribution in [2.45, 2.75) is 79.3 Å². The van der Waals surface area contributed by atoms with Crippen molar-refractivity contribution in [2.24, 2.45) is 5.92 Å². The molecule has 0 atom stereocenters. The summed E-state index contributed by atoms with van der Waals surface area (Å²) >= 11 is 0. The number of rotatable bonds is 5. The lowest BCUT2D eigenvalue weighted by molar-refractivity contribution is -0.137. The van der Waals surface area contributed by atoms with Crippen molar-refractivity contribution in [1.82, 2.24) is 25.0 Å². The van der Waals surface area contributed by atoms with Crippen LogP contribution in [0.25, 0.3) is 0 Å². The van der Waals surface area contributed by atoms with Gasteiger partial charge in [-0.3, -0.25) is 9.48 Å². The first-order valence-corrected chi connectivity index (χ1v) is 13.8. The molecule has 2 saturated heterocycles. The van der Waals surface area contributed by atoms with Gasteiger partial charge < -0.3 is 15.1 Å². The highest BCUT2D eigenvalue weighted by atomic mass is 16.2. The van der Waals surface area contributed by atoms with Crippen molar-refractivity contribution in [3.63, 3.8) is 0 Å². The van der Waals surface area contributed by atoms with Crippen molar-refractivity contribution in [3.8, 4) is 11.8 Å². The van der Waals surface area contributed by atoms with E-state index in [2.05, 4.69) is 47.9 Å². The van der Waals surface area contributed by atoms with Crippen LogP contribution in [0, 0.1) is 17.8 Å². The second kappa shape index (κ2) is 16.0. The van der Waals surface area contributed by atoms with Gasteiger partial charge in [0, 0.05) is 68.6 Å². The molecule has 1 N–H and O–H groups in total. The molecule has 36 heavy (non-hydrogen) atoms. The smallest absolute Gasteiger partial charge is 0.225 e. The third-order valence-corrected chi connectivity index (χ3v) is 6.51. The van der Waals surface area contributed by atoms with Gasteiger partial charge in [-0.05, 0) is 44.9 Å². The summed E-state index contributed by atoms with van der Waals surface area (Å²) in [6.45, 7) is 14.3. The second-order valence-electron chi connectivity index (χ2n) is 8.74. The third kappa shape index (κ3) is 8.09. The molecule has 4 heterocycles. The summed E-state index contributed by atoms with van der Waals surface area (Å²) in [5, 5.41) is 7.69. The average Bonchev–Trinajstić information content (AvgIpc) is 3.43. The minimum absolute atomic E-state index is 0.129. The van der Waals surface area contributed by atoms with Gasteiger partial charge in [0.1, 0.15) is 5.82 Å². The van der Waals surface area contributed by atoms with Crippen LogP contribution in [-0.2, 0) is 11.3 Å². The van der Waals surface area contributed by atoms with Crippen molar-refractivity contribution < 1.29 is 4.79 Å². The molecule has 7 heteroatoms. The van der Waals surface area contributed by atoms with Crippen LogP contribution in [0.15, 0.2) is 30.7 Å². The van der Waals surface area contributed by atoms with E-state index in [-0.39, 0.29) is 5.92 Å². The summed E-state index contributed by atoms with van der Waals surface area (Å²) in [4.78, 5) is 22.1. The number of hydrogen-bond donors (Lipinski definition) is 1. The van der Waals surface area contributed by atoms with Gasteiger partial charge in [0.2, 0.25) is 5.91 Å². The zero-order valence-electron chi connectivity index (χ0n) is 23.3. The third-order valence-electron chi connectivity index (χ3n) is 6.51. The summed E-state index contributed by atoms with van der Waals surface area (Å²) < 4.78 is 2.08. The molecule has 2 aliphatic rings. The standard InChI is InChI=1S/C25H34N6O.2C2H6/c1-3-4-5-20-6-7-24(27-17-20)29-12-8-22(9-13-29)25(32)30-14-10-23(11-15-30)31-19-21(16-26-2)18-28-31;2*1-2/h6-7,17-19,22-23,26H,3,8-16H2,1-2H3;2*1-2H3. The van der Waals surface area contributed by atoms with Gasteiger partial charge in [0.05, 0.1) is 12.2 Å². The predicted molar refractivity (Wildman–Crippen MR) is 149 cm³/mol. The predicted octanol–water partition coefficient (Wildman–Crippen LogP) is 4.89. The molecule has 1 amide bonds. The molecule has 7 nitrogen and oxygen atoms in total. The Labute approximate surface area is 218 Å². The molecule has 0 aliphatic carbocycles. The van der Waals surface area contributed by atoms with Gasteiger partial charge in [-0.2, -0.15) is 5.10 Å². The van der Waals surface area contributed by atoms with Gasteiger partial charge in [-0.15, -0.1) is 0 Å². The summed E-state index contributed by atoms with van der Waals surface area (Å²) in [6.07, 6.45) is 10.5. The number of nitrogens with one attached hydrogen (secondary N) is 1. The van der Waals surface area contributed by atoms with Crippen molar-refractivity contribution >= 4 is 11.7 Å². The molecular formula is C29H46N6O. The van der Waals surface area contributed by atoms with Gasteiger partial charge >= 0.3 is 0 Å². The number of amides is 1. The SMILES string of the molecule is CC.CC.CCC#Cc1ccc(N2CCC(C(=O)N3CCC(n4cc(CNC)cn4)CC3)CC2)nc1. The monoisotopic (exact) mass is 494 g/mol. The Hall–Kier alpha value is -2.85. The molecule has 2 aromatic rings. The summed E-state index contributed by atoms with van der Waals surface area (Å²) in [5.41, 5.74) is 2.16. The Balaban J connectivity index is 0.00000109. The number of pyridine rings is 1. The molecule has 0 bridgehead atoms. The van der Waals surface area contributed by atoms with Crippen molar-refractivity contribution in [3.05, 3.63) is 41.9 Å². The maximum absolute atomic E-state index is 13.1. The fraction of sp³-hybridized carbons (Fsp3) is 0.621. The maximum Gasteiger partial charge on any atom is 0.225 e. The lowest BCUT2D eigenvalue weighted by Crippen LogP contribution is -2.45. The number of carbonyl (C=O) groups excluding carboxylic acids is 1. The van der Waals surface area contributed by atoms with E-state index in [0.29, 0.717) is 11.9 Å². The van der Waals surface area contributed by atoms with E-state index in [0.717, 1.165) is 76.2 Å². The lowest BCUT2D eigenvalue weighted by Gasteiger charge is -2.37. The van der Waals surface area contributed by atoms with E-state index in [9.17, 15) is 4.79 Å². The fourth-order valence-corrected chi connectivity index (χ4v) is 4.67. The minimum Gasteiger partial charge on any atom is -0.357 e. The molecule has 4 rings (SSSR count). The number of piperidine rings is 2. The van der Waals surface area contributed by atoms with E-state index < -0.39 is 0 Å². The number of anilines is 1. The quantitative estimate of drug-likeness (QED) is 0.600. The highest BCUT2D eigenvalue weighted by Gasteiger charge is 2.31. The van der Waals surface area contributed by atoms with Crippen LogP contribution in [0.1, 0.15) is 83.9 Å². The molecule has 0 unspecified atom stereocenters. The molecule has 0 saturated carbocycles. The minimum atomic E-state index is 0.129. The Morgan fingerprint density at radius 1 is 1.03 bits per heavy atom. The van der Waals surface area contributed by atoms with Crippen LogP contribution >= 0.6 is 0 Å². The number of carbonyl (C=O) groups is 1. The molecule has 0 radical (unpaired) electrons. The van der Waals surface area contributed by atoms with Crippen LogP contribution in [0.3, 0.4) is 0 Å². The highest BCUT2D eigenvalue weighted by molar-refractivity contribution is 5.79. The van der Waals surface area contributed by atoms with E-state index >= 15 is 0 Å². The Bertz CT molecular complexity index is 942. The maximum atomic E-state index is 13.1. The van der Waals surface area contributed by atoms with E-state index in [1.165, 1.54) is 5.56 Å². The van der Waals surface area contributed by atoms with Gasteiger partial charge in [0.25, 0.3) is 0 Å². The first-order chi connectivity index (χ1) is 17.7. The number of nitrogens with zero attached hydrogens (tertiary/aromatic N) is 5. The topological polar surface area (TPSA) is 66.3 Å². The Kier molecular flexibility index (Phi) is 13.1. The summed E-state index contributed by atoms with van der Waals surface area (Å²) in [7, 11) is 1.95. The molecule has 2 aromatic heterocycles. The van der Waals surface area contributed by atoms with Crippen LogP contribution in [0.4, 0.5) is 5.82 Å². The molecular weight excluding hydrogens is 448 g/mol. The number of likely N-dealkylation sites (tertiary alicyclic amines) is 1. The van der Waals surface area contributed by atoms with Gasteiger partial charge in [-0.1, -0.05) is 46.5 Å². The molecule has 0 aromatic carbocycles. The Morgan fingerprint density at radius 3 is 2.31 bits per heavy atom. The average molecular weight is 495 g/mol. The molecule has 0 spiro atoms. The Morgan fingerprint density at radius 2 is 1.72 bits per heavy atom. The van der Waals surface area contributed by atoms with Crippen LogP contribution in [-0.4, -0.2) is 58.8 Å².